The van der Waals surface area contributed by atoms with Crippen molar-refractivity contribution in [2.45, 2.75) is 12.8 Å². The van der Waals surface area contributed by atoms with E-state index in [0.717, 1.165) is 48.6 Å². The molecule has 1 radical (unpaired) electrons. The zero-order valence-corrected chi connectivity index (χ0v) is 31.6. The van der Waals surface area contributed by atoms with E-state index in [9.17, 15) is 0 Å². The first kappa shape index (κ1) is 35.7. The zero-order valence-electron chi connectivity index (χ0n) is 29.2. The van der Waals surface area contributed by atoms with E-state index in [4.69, 9.17) is 0 Å². The first-order valence-electron chi connectivity index (χ1n) is 17.7. The summed E-state index contributed by atoms with van der Waals surface area (Å²) in [5.74, 6) is 0. The fourth-order valence-electron chi connectivity index (χ4n) is 6.67. The van der Waals surface area contributed by atoms with Gasteiger partial charge in [0.25, 0.3) is 0 Å². The molecule has 2 aliphatic rings. The molecular formula is C47H38IrN5-5. The van der Waals surface area contributed by atoms with E-state index in [1.807, 2.05) is 66.7 Å². The second-order valence-corrected chi connectivity index (χ2v) is 12.6. The molecule has 0 aliphatic carbocycles. The molecule has 0 N–H and O–H groups in total. The van der Waals surface area contributed by atoms with Gasteiger partial charge in [0.15, 0.2) is 0 Å². The van der Waals surface area contributed by atoms with Gasteiger partial charge in [0.05, 0.1) is 0 Å². The Bertz CT molecular complexity index is 2030. The molecule has 0 saturated carbocycles. The summed E-state index contributed by atoms with van der Waals surface area (Å²) >= 11 is 0. The maximum absolute atomic E-state index is 4.35. The van der Waals surface area contributed by atoms with Crippen LogP contribution in [0.25, 0.3) is 22.4 Å². The molecule has 1 aromatic heterocycles. The minimum absolute atomic E-state index is 0. The average molecular weight is 865 g/mol. The fraction of sp³-hybridized carbons (Fsp3) is 0.0851. The van der Waals surface area contributed by atoms with Crippen molar-refractivity contribution in [2.75, 3.05) is 32.7 Å². The molecule has 265 valence electrons. The predicted octanol–water partition coefficient (Wildman–Crippen LogP) is 11.1. The van der Waals surface area contributed by atoms with Gasteiger partial charge in [-0.2, -0.15) is 74.0 Å². The summed E-state index contributed by atoms with van der Waals surface area (Å²) in [6.07, 6.45) is 4.00. The van der Waals surface area contributed by atoms with Gasteiger partial charge in [-0.05, 0) is 67.5 Å². The van der Waals surface area contributed by atoms with Crippen molar-refractivity contribution in [3.63, 3.8) is 0 Å². The van der Waals surface area contributed by atoms with Crippen LogP contribution in [0.2, 0.25) is 0 Å². The molecule has 0 spiro atoms. The van der Waals surface area contributed by atoms with Gasteiger partial charge < -0.3 is 24.6 Å². The van der Waals surface area contributed by atoms with Gasteiger partial charge in [0.1, 0.15) is 0 Å². The third kappa shape index (κ3) is 8.20. The third-order valence-electron chi connectivity index (χ3n) is 9.21. The number of pyridine rings is 1. The normalized spacial score (nSPS) is 12.8. The van der Waals surface area contributed by atoms with Gasteiger partial charge in [-0.25, -0.2) is 0 Å². The van der Waals surface area contributed by atoms with E-state index in [2.05, 4.69) is 153 Å². The number of hydrogen-bond acceptors (Lipinski definition) is 5. The van der Waals surface area contributed by atoms with Crippen molar-refractivity contribution in [3.05, 3.63) is 202 Å². The standard InChI is InChI=1S/C30H26N4.C17H12N.Ir/c1-3-13-25(14-4-1)33-23-31(27-17-7-9-19-29(27)33)21-11-12-22-32-24-34(26-15-5-2-6-16-26)30-20-10-8-18-28(30)32;1-2-7-14(8-3-1)15-9-6-10-16(13-15)17-11-4-5-12-18-17;/h1-10,13,15,17-20,23-24H,11-12,21-22H2;1-9,11-13H;/q-4;-1;. The maximum Gasteiger partial charge on any atom is 0.0326 e. The van der Waals surface area contributed by atoms with Crippen LogP contribution in [-0.2, 0) is 20.1 Å². The molecular weight excluding hydrogens is 827 g/mol. The second kappa shape index (κ2) is 17.2. The number of hydrogen-bond donors (Lipinski definition) is 0. The second-order valence-electron chi connectivity index (χ2n) is 12.6. The summed E-state index contributed by atoms with van der Waals surface area (Å²) in [6, 6.07) is 65.8. The number of fused-ring (bicyclic) bond motifs is 2. The van der Waals surface area contributed by atoms with Crippen LogP contribution in [-0.4, -0.2) is 18.1 Å². The van der Waals surface area contributed by atoms with E-state index < -0.39 is 0 Å². The Balaban J connectivity index is 0.000000194. The number of aromatic nitrogens is 1. The minimum atomic E-state index is 0. The van der Waals surface area contributed by atoms with E-state index in [1.165, 1.54) is 33.9 Å². The first-order valence-corrected chi connectivity index (χ1v) is 17.7. The molecule has 7 aromatic rings. The Morgan fingerprint density at radius 3 is 1.53 bits per heavy atom. The van der Waals surface area contributed by atoms with Crippen LogP contribution in [0.15, 0.2) is 170 Å². The molecule has 9 rings (SSSR count). The zero-order chi connectivity index (χ0) is 35.0. The number of unbranched alkanes of at least 4 members (excludes halogenated alkanes) is 1. The van der Waals surface area contributed by atoms with Crippen LogP contribution in [0.5, 0.6) is 0 Å². The number of rotatable bonds is 9. The molecule has 6 aromatic carbocycles. The van der Waals surface area contributed by atoms with Crippen LogP contribution < -0.4 is 19.6 Å². The van der Waals surface area contributed by atoms with Crippen molar-refractivity contribution in [1.29, 1.82) is 0 Å². The summed E-state index contributed by atoms with van der Waals surface area (Å²) < 4.78 is 0. The molecule has 53 heavy (non-hydrogen) atoms. The Labute approximate surface area is 327 Å². The maximum atomic E-state index is 4.35. The van der Waals surface area contributed by atoms with E-state index in [0.29, 0.717) is 0 Å². The van der Waals surface area contributed by atoms with Crippen LogP contribution in [0.1, 0.15) is 12.8 Å². The van der Waals surface area contributed by atoms with Crippen LogP contribution in [0, 0.1) is 31.5 Å². The number of benzene rings is 6. The van der Waals surface area contributed by atoms with Gasteiger partial charge in [-0.3, -0.25) is 0 Å². The van der Waals surface area contributed by atoms with Gasteiger partial charge in [-0.15, -0.1) is 46.8 Å². The third-order valence-corrected chi connectivity index (χ3v) is 9.21. The van der Waals surface area contributed by atoms with Crippen LogP contribution in [0.3, 0.4) is 0 Å². The minimum Gasteiger partial charge on any atom is -0.501 e. The summed E-state index contributed by atoms with van der Waals surface area (Å²) in [6.45, 7) is 6.37. The van der Waals surface area contributed by atoms with Crippen LogP contribution in [0.4, 0.5) is 34.1 Å². The molecule has 3 heterocycles. The predicted molar refractivity (Wildman–Crippen MR) is 214 cm³/mol. The molecule has 6 heteroatoms. The monoisotopic (exact) mass is 865 g/mol. The van der Waals surface area contributed by atoms with E-state index in [1.54, 1.807) is 6.20 Å². The SMILES string of the molecule is [Ir].[c-]1ccc(-c2ccccc2)cc1-c1ccccn1.[c-]1ccccc1N1[CH-]N(CCCCN2[CH-]N(c3[c-]cccc3)c3ccccc32)c2ccccc21. The van der Waals surface area contributed by atoms with E-state index in [-0.39, 0.29) is 20.1 Å². The number of anilines is 6. The largest absolute Gasteiger partial charge is 0.501 e. The van der Waals surface area contributed by atoms with Crippen molar-refractivity contribution in [3.8, 4) is 22.4 Å². The Morgan fingerprint density at radius 2 is 1.00 bits per heavy atom. The number of nitrogens with zero attached hydrogens (tertiary/aromatic N) is 5. The van der Waals surface area contributed by atoms with E-state index >= 15 is 0 Å². The van der Waals surface area contributed by atoms with Gasteiger partial charge in [0.2, 0.25) is 0 Å². The summed E-state index contributed by atoms with van der Waals surface area (Å²) in [7, 11) is 0. The van der Waals surface area contributed by atoms with Gasteiger partial charge in [-0.1, -0.05) is 66.7 Å². The summed E-state index contributed by atoms with van der Waals surface area (Å²) in [4.78, 5) is 13.5. The smallest absolute Gasteiger partial charge is 0.0326 e. The Morgan fingerprint density at radius 1 is 0.472 bits per heavy atom. The summed E-state index contributed by atoms with van der Waals surface area (Å²) in [5, 5.41) is 0. The average Bonchev–Trinajstić information content (AvgIpc) is 3.80. The number of para-hydroxylation sites is 6. The Kier molecular flexibility index (Phi) is 11.6. The van der Waals surface area contributed by atoms with Crippen molar-refractivity contribution in [1.82, 2.24) is 4.98 Å². The first-order chi connectivity index (χ1) is 25.8. The van der Waals surface area contributed by atoms with Gasteiger partial charge >= 0.3 is 0 Å². The van der Waals surface area contributed by atoms with Crippen LogP contribution >= 0.6 is 0 Å². The fourth-order valence-corrected chi connectivity index (χ4v) is 6.67. The molecule has 0 amide bonds. The molecule has 0 atom stereocenters. The summed E-state index contributed by atoms with van der Waals surface area (Å²) in [5.41, 5.74) is 11.4. The molecule has 0 bridgehead atoms. The van der Waals surface area contributed by atoms with Crippen molar-refractivity contribution >= 4 is 34.1 Å². The molecule has 5 nitrogen and oxygen atoms in total. The van der Waals surface area contributed by atoms with Gasteiger partial charge in [0, 0.05) is 49.1 Å². The molecule has 2 aliphatic heterocycles. The van der Waals surface area contributed by atoms with Crippen molar-refractivity contribution in [2.24, 2.45) is 0 Å². The quantitative estimate of drug-likeness (QED) is 0.106. The molecule has 0 unspecified atom stereocenters. The molecule has 0 fully saturated rings. The van der Waals surface area contributed by atoms with Crippen molar-refractivity contribution < 1.29 is 20.1 Å². The topological polar surface area (TPSA) is 25.9 Å². The molecule has 0 saturated heterocycles. The Hall–Kier alpha value is -5.68.